The first-order valence-electron chi connectivity index (χ1n) is 18.6. The Hall–Kier alpha value is 14.0. The van der Waals surface area contributed by atoms with Gasteiger partial charge in [0, 0.05) is 646 Å². The fourth-order valence-corrected chi connectivity index (χ4v) is 187. The highest BCUT2D eigenvalue weighted by Gasteiger charge is 2.30. The van der Waals surface area contributed by atoms with Crippen LogP contribution in [-0.4, -0.2) is 12.2 Å². The van der Waals surface area contributed by atoms with Crippen LogP contribution in [0.4, 0.5) is 5.69 Å². The fraction of sp³-hybridized carbons (Fsp3) is 0.500. The Labute approximate surface area is 729 Å². The third kappa shape index (κ3) is 81.5. The molecule has 530 valence electrons. The second-order valence-electron chi connectivity index (χ2n) is 9.87. The zero-order chi connectivity index (χ0) is 65.1. The molecule has 0 aromatic heterocycles. The highest BCUT2D eigenvalue weighted by Crippen LogP contribution is 2.30. The maximum absolute atomic E-state index is 12.4. The Balaban J connectivity index is 0.00000352. The summed E-state index contributed by atoms with van der Waals surface area (Å²) in [6.45, 7) is 6.14. The van der Waals surface area contributed by atoms with Gasteiger partial charge in [-0.3, -0.25) is 9.59 Å². The van der Waals surface area contributed by atoms with Gasteiger partial charge in [-0.05, 0) is 25.0 Å². The molecule has 1 atom stereocenters. The molecule has 0 bridgehead atoms. The van der Waals surface area contributed by atoms with Crippen LogP contribution in [0, 0.1) is 5.41 Å². The fourth-order valence-electron chi connectivity index (χ4n) is 2.76. The molecule has 0 saturated carbocycles. The Kier molecular flexibility index (Phi) is 106. The number of benzene rings is 1. The molecular weight excluding hydrogens is 2510 g/mol. The van der Waals surface area contributed by atoms with Gasteiger partial charge in [0.05, 0.1) is 5.69 Å². The van der Waals surface area contributed by atoms with Crippen molar-refractivity contribution in [3.8, 4) is 0 Å². The Bertz CT molecular complexity index is 5830. The molecule has 1 unspecified atom stereocenters. The van der Waals surface area contributed by atoms with Crippen LogP contribution in [0.1, 0.15) is 56.8 Å². The SMILES string of the molecule is CCCCC(C)(CC)C(=O)Nc1ccccc1C=O.S=S=S=S=S=S=S=S=S=S=S=S=S=S=S=S=S=S=S=S=S=S=S=S=S=S=S=S=S=S=S=S=S=S=S=S=S=S=S=S=S=S=S=S=S=S=S=S=S=S=S=S=S=S=S=S=S=S=S=S=S=S=S=S=S=S=S=S=S=S=S. The van der Waals surface area contributed by atoms with Gasteiger partial charge >= 0.3 is 0 Å². The third-order valence-electron chi connectivity index (χ3n) is 5.64. The zero-order valence-electron chi connectivity index (χ0n) is 41.0. The van der Waals surface area contributed by atoms with Crippen molar-refractivity contribution in [1.29, 1.82) is 0 Å². The van der Waals surface area contributed by atoms with Crippen LogP contribution in [0.2, 0.25) is 0 Å². The number of anilines is 1. The molecule has 0 aliphatic rings. The molecule has 1 aromatic rings. The average molecular weight is 2540 g/mol. The Morgan fingerprint density at radius 2 is 0.511 bits per heavy atom. The predicted molar refractivity (Wildman–Crippen MR) is 601 cm³/mol. The van der Waals surface area contributed by atoms with Gasteiger partial charge in [0.15, 0.2) is 6.29 Å². The quantitative estimate of drug-likeness (QED) is 0.422. The summed E-state index contributed by atoms with van der Waals surface area (Å²) >= 11 is 9.65. The molecular formula is C16H23NO2S71. The van der Waals surface area contributed by atoms with Crippen LogP contribution in [-0.2, 0) is 640 Å². The summed E-state index contributed by atoms with van der Waals surface area (Å²) in [5.74, 6) is -0.00208. The number of hydrogen-bond acceptors (Lipinski definition) is 4. The first kappa shape index (κ1) is 104. The van der Waals surface area contributed by atoms with Crippen LogP contribution in [0.5, 0.6) is 0 Å². The van der Waals surface area contributed by atoms with E-state index in [4.69, 9.17) is 22.4 Å². The van der Waals surface area contributed by atoms with Crippen molar-refractivity contribution in [2.75, 3.05) is 5.32 Å². The van der Waals surface area contributed by atoms with Crippen molar-refractivity contribution in [2.45, 2.75) is 46.5 Å². The van der Waals surface area contributed by atoms with Crippen molar-refractivity contribution < 1.29 is 9.59 Å². The summed E-state index contributed by atoms with van der Waals surface area (Å²) in [5, 5.41) is 2.89. The highest BCUT2D eigenvalue weighted by atomic mass is 33.5. The maximum Gasteiger partial charge on any atom is 0.230 e. The van der Waals surface area contributed by atoms with E-state index in [-0.39, 0.29) is 11.3 Å². The number of amides is 1. The first-order chi connectivity index (χ1) is 44.5. The molecule has 0 saturated heterocycles. The van der Waals surface area contributed by atoms with Crippen molar-refractivity contribution >= 4 is 653 Å². The molecule has 0 heterocycles. The lowest BCUT2D eigenvalue weighted by atomic mass is 9.81. The second-order valence-corrected chi connectivity index (χ2v) is 132. The Morgan fingerprint density at radius 1 is 0.333 bits per heavy atom. The lowest BCUT2D eigenvalue weighted by molar-refractivity contribution is -0.125. The first-order valence-corrected chi connectivity index (χ1v) is 112. The molecule has 74 heteroatoms. The van der Waals surface area contributed by atoms with E-state index < -0.39 is 0 Å². The Morgan fingerprint density at radius 3 is 0.667 bits per heavy atom. The normalized spacial score (nSPS) is 9.06. The molecule has 0 aliphatic heterocycles. The third-order valence-corrected chi connectivity index (χ3v) is 157. The van der Waals surface area contributed by atoms with Crippen molar-refractivity contribution in [1.82, 2.24) is 0 Å². The summed E-state index contributed by atoms with van der Waals surface area (Å²) in [7, 11) is 124. The van der Waals surface area contributed by atoms with Crippen molar-refractivity contribution in [3.05, 3.63) is 29.8 Å². The van der Waals surface area contributed by atoms with Gasteiger partial charge in [0.1, 0.15) is 0 Å². The minimum atomic E-state index is -0.369. The van der Waals surface area contributed by atoms with E-state index in [0.717, 1.165) is 32.0 Å². The van der Waals surface area contributed by atoms with E-state index >= 15 is 0 Å². The second kappa shape index (κ2) is 91.9. The molecule has 1 rings (SSSR count). The minimum absolute atomic E-state index is 0.00208. The summed E-state index contributed by atoms with van der Waals surface area (Å²) in [4.78, 5) is 23.4. The number of aldehydes is 1. The average Bonchev–Trinajstić information content (AvgIpc) is 2.68. The minimum Gasteiger partial charge on any atom is -0.325 e. The van der Waals surface area contributed by atoms with Crippen molar-refractivity contribution in [2.24, 2.45) is 5.41 Å². The topological polar surface area (TPSA) is 46.2 Å². The highest BCUT2D eigenvalue weighted by molar-refractivity contribution is 8.84. The molecule has 0 radical (unpaired) electrons. The number of para-hydroxylation sites is 1. The molecule has 0 fully saturated rings. The molecule has 0 aliphatic carbocycles. The van der Waals surface area contributed by atoms with Gasteiger partial charge < -0.3 is 5.32 Å². The van der Waals surface area contributed by atoms with E-state index in [0.29, 0.717) is 11.3 Å². The summed E-state index contributed by atoms with van der Waals surface area (Å²) in [6.07, 6.45) is 4.54. The number of hydrogen-bond donors (Lipinski definition) is 1. The van der Waals surface area contributed by atoms with Crippen LogP contribution < -0.4 is 5.32 Å². The zero-order valence-corrected chi connectivity index (χ0v) is 99.0. The number of carbonyl (C=O) groups is 2. The van der Waals surface area contributed by atoms with E-state index in [9.17, 15) is 9.59 Å². The van der Waals surface area contributed by atoms with Crippen LogP contribution in [0.15, 0.2) is 24.3 Å². The van der Waals surface area contributed by atoms with Gasteiger partial charge in [-0.1, -0.05) is 45.7 Å². The summed E-state index contributed by atoms with van der Waals surface area (Å²) in [5.41, 5.74) is 0.745. The number of unbranched alkanes of at least 4 members (excludes halogenated alkanes) is 1. The van der Waals surface area contributed by atoms with Gasteiger partial charge in [-0.25, -0.2) is 0 Å². The largest absolute Gasteiger partial charge is 0.325 e. The van der Waals surface area contributed by atoms with E-state index in [1.54, 1.807) is 125 Å². The van der Waals surface area contributed by atoms with Gasteiger partial charge in [-0.15, -0.1) is 0 Å². The van der Waals surface area contributed by atoms with E-state index in [1.807, 2.05) is 508 Å². The predicted octanol–water partition coefficient (Wildman–Crippen LogP) is 3.87. The lowest BCUT2D eigenvalue weighted by Gasteiger charge is -2.27. The number of rotatable bonds is 7. The van der Waals surface area contributed by atoms with Gasteiger partial charge in [-0.2, -0.15) is 0 Å². The molecule has 3 nitrogen and oxygen atoms in total. The van der Waals surface area contributed by atoms with Crippen LogP contribution in [0.25, 0.3) is 0 Å². The molecule has 1 N–H and O–H groups in total. The van der Waals surface area contributed by atoms with Crippen LogP contribution >= 0.6 is 0 Å². The smallest absolute Gasteiger partial charge is 0.230 e. The van der Waals surface area contributed by atoms with E-state index in [2.05, 4.69) is 12.2 Å². The summed E-state index contributed by atoms with van der Waals surface area (Å²) in [6, 6.07) is 7.07. The maximum atomic E-state index is 12.4. The number of nitrogens with one attached hydrogen (secondary N) is 1. The number of carbonyl (C=O) groups excluding carboxylic acids is 2. The molecule has 90 heavy (non-hydrogen) atoms. The lowest BCUT2D eigenvalue weighted by Crippen LogP contribution is -2.33. The molecule has 1 aromatic carbocycles. The summed E-state index contributed by atoms with van der Waals surface area (Å²) < 4.78 is 0. The standard InChI is InChI=1S/C16H23NO2.S71/c1-4-6-11-16(3,5-2)15(19)17-14-10-8-7-9-13(14)12-18;1-3-5-7-9-11-13-15-17-19-21-23-25-27-29-31-33-35-37-39-41-43-45-47-49-51-53-55-57-59-61-63-65-67-69-71-70-68-66-64-62-60-58-56-54-52-50-48-46-44-42-40-38-36-34-32-30-28-26-24-22-20-18-16-14-12-10-8-6-4-2/h7-10,12H,4-6,11H2,1-3H3,(H,17,19);. The van der Waals surface area contributed by atoms with Gasteiger partial charge in [0.25, 0.3) is 0 Å². The molecule has 0 spiro atoms. The van der Waals surface area contributed by atoms with Gasteiger partial charge in [0.2, 0.25) is 5.91 Å². The van der Waals surface area contributed by atoms with Crippen molar-refractivity contribution in [3.63, 3.8) is 0 Å². The van der Waals surface area contributed by atoms with Crippen LogP contribution in [0.3, 0.4) is 0 Å². The monoisotopic (exact) mass is 2530 g/mol. The van der Waals surface area contributed by atoms with E-state index in [1.165, 1.54) is 17.8 Å². The molecule has 1 amide bonds.